The minimum absolute atomic E-state index is 0.0134. The summed E-state index contributed by atoms with van der Waals surface area (Å²) in [5.41, 5.74) is 0. The Morgan fingerprint density at radius 3 is 3.07 bits per heavy atom. The number of hydrogen-bond acceptors (Lipinski definition) is 4. The predicted molar refractivity (Wildman–Crippen MR) is 54.9 cm³/mol. The highest BCUT2D eigenvalue weighted by atomic mass is 16.5. The van der Waals surface area contributed by atoms with Gasteiger partial charge in [0.25, 0.3) is 0 Å². The van der Waals surface area contributed by atoms with Gasteiger partial charge >= 0.3 is 0 Å². The summed E-state index contributed by atoms with van der Waals surface area (Å²) in [6.45, 7) is 8.32. The lowest BCUT2D eigenvalue weighted by atomic mass is 10.2. The van der Waals surface area contributed by atoms with Gasteiger partial charge in [0.1, 0.15) is 6.04 Å². The zero-order valence-corrected chi connectivity index (χ0v) is 8.99. The largest absolute Gasteiger partial charge is 0.377 e. The summed E-state index contributed by atoms with van der Waals surface area (Å²) < 4.78 is 5.47. The third kappa shape index (κ3) is 3.62. The highest BCUT2D eigenvalue weighted by Crippen LogP contribution is 2.01. The summed E-state index contributed by atoms with van der Waals surface area (Å²) in [5, 5.41) is 12.1. The zero-order chi connectivity index (χ0) is 10.4. The number of nitriles is 1. The van der Waals surface area contributed by atoms with Crippen LogP contribution in [0, 0.1) is 11.3 Å². The molecule has 1 atom stereocenters. The maximum Gasteiger partial charge on any atom is 0.110 e. The SMILES string of the molecule is CC(C)OCCN1CCNCC1C#N. The molecule has 0 aliphatic carbocycles. The molecule has 1 rings (SSSR count). The van der Waals surface area contributed by atoms with Crippen molar-refractivity contribution in [3.63, 3.8) is 0 Å². The minimum atomic E-state index is 0.0134. The van der Waals surface area contributed by atoms with Crippen molar-refractivity contribution in [2.75, 3.05) is 32.8 Å². The van der Waals surface area contributed by atoms with E-state index in [4.69, 9.17) is 10.00 Å². The lowest BCUT2D eigenvalue weighted by Gasteiger charge is -2.31. The van der Waals surface area contributed by atoms with Gasteiger partial charge in [-0.3, -0.25) is 4.90 Å². The Balaban J connectivity index is 2.24. The first-order valence-corrected chi connectivity index (χ1v) is 5.20. The van der Waals surface area contributed by atoms with Gasteiger partial charge in [-0.2, -0.15) is 5.26 Å². The van der Waals surface area contributed by atoms with Crippen molar-refractivity contribution in [1.82, 2.24) is 10.2 Å². The third-order valence-electron chi connectivity index (χ3n) is 2.33. The highest BCUT2D eigenvalue weighted by Gasteiger charge is 2.20. The molecule has 1 heterocycles. The monoisotopic (exact) mass is 197 g/mol. The summed E-state index contributed by atoms with van der Waals surface area (Å²) in [4.78, 5) is 2.18. The Labute approximate surface area is 85.8 Å². The van der Waals surface area contributed by atoms with Crippen LogP contribution in [-0.2, 0) is 4.74 Å². The second-order valence-electron chi connectivity index (χ2n) is 3.80. The van der Waals surface area contributed by atoms with E-state index in [0.717, 1.165) is 32.8 Å². The van der Waals surface area contributed by atoms with E-state index in [0.29, 0.717) is 0 Å². The van der Waals surface area contributed by atoms with Crippen LogP contribution in [0.3, 0.4) is 0 Å². The van der Waals surface area contributed by atoms with Crippen molar-refractivity contribution in [3.05, 3.63) is 0 Å². The van der Waals surface area contributed by atoms with E-state index in [1.165, 1.54) is 0 Å². The molecule has 1 aliphatic heterocycles. The molecular formula is C10H19N3O. The molecule has 80 valence electrons. The van der Waals surface area contributed by atoms with Gasteiger partial charge in [0.05, 0.1) is 18.8 Å². The number of nitrogens with zero attached hydrogens (tertiary/aromatic N) is 2. The molecular weight excluding hydrogens is 178 g/mol. The highest BCUT2D eigenvalue weighted by molar-refractivity contribution is 4.95. The van der Waals surface area contributed by atoms with Crippen LogP contribution in [0.1, 0.15) is 13.8 Å². The minimum Gasteiger partial charge on any atom is -0.377 e. The van der Waals surface area contributed by atoms with Crippen LogP contribution in [-0.4, -0.2) is 49.8 Å². The molecule has 4 heteroatoms. The number of hydrogen-bond donors (Lipinski definition) is 1. The van der Waals surface area contributed by atoms with E-state index >= 15 is 0 Å². The normalized spacial score (nSPS) is 23.7. The molecule has 1 fully saturated rings. The summed E-state index contributed by atoms with van der Waals surface area (Å²) in [6.07, 6.45) is 0.276. The summed E-state index contributed by atoms with van der Waals surface area (Å²) >= 11 is 0. The fourth-order valence-electron chi connectivity index (χ4n) is 1.55. The molecule has 0 spiro atoms. The van der Waals surface area contributed by atoms with Crippen LogP contribution in [0.15, 0.2) is 0 Å². The van der Waals surface area contributed by atoms with Crippen LogP contribution < -0.4 is 5.32 Å². The summed E-state index contributed by atoms with van der Waals surface area (Å²) in [5.74, 6) is 0. The van der Waals surface area contributed by atoms with E-state index in [2.05, 4.69) is 16.3 Å². The Kier molecular flexibility index (Phi) is 4.88. The molecule has 14 heavy (non-hydrogen) atoms. The third-order valence-corrected chi connectivity index (χ3v) is 2.33. The lowest BCUT2D eigenvalue weighted by molar-refractivity contribution is 0.0501. The van der Waals surface area contributed by atoms with Gasteiger partial charge in [0.2, 0.25) is 0 Å². The van der Waals surface area contributed by atoms with Gasteiger partial charge in [-0.15, -0.1) is 0 Å². The molecule has 0 bridgehead atoms. The Morgan fingerprint density at radius 2 is 2.43 bits per heavy atom. The van der Waals surface area contributed by atoms with Crippen molar-refractivity contribution < 1.29 is 4.74 Å². The van der Waals surface area contributed by atoms with Gasteiger partial charge in [-0.25, -0.2) is 0 Å². The molecule has 0 aromatic carbocycles. The molecule has 0 aromatic heterocycles. The van der Waals surface area contributed by atoms with Crippen LogP contribution in [0.4, 0.5) is 0 Å². The van der Waals surface area contributed by atoms with E-state index in [-0.39, 0.29) is 12.1 Å². The van der Waals surface area contributed by atoms with Crippen molar-refractivity contribution in [2.24, 2.45) is 0 Å². The molecule has 1 saturated heterocycles. The summed E-state index contributed by atoms with van der Waals surface area (Å²) in [7, 11) is 0. The van der Waals surface area contributed by atoms with Gasteiger partial charge in [-0.1, -0.05) is 0 Å². The Morgan fingerprint density at radius 1 is 1.64 bits per heavy atom. The first kappa shape index (κ1) is 11.4. The van der Waals surface area contributed by atoms with Crippen LogP contribution >= 0.6 is 0 Å². The first-order chi connectivity index (χ1) is 6.74. The number of rotatable bonds is 4. The van der Waals surface area contributed by atoms with E-state index in [9.17, 15) is 0 Å². The molecule has 4 nitrogen and oxygen atoms in total. The van der Waals surface area contributed by atoms with Crippen LogP contribution in [0.25, 0.3) is 0 Å². The molecule has 1 unspecified atom stereocenters. The Bertz CT molecular complexity index is 200. The predicted octanol–water partition coefficient (Wildman–Crippen LogP) is 0.209. The fraction of sp³-hybridized carbons (Fsp3) is 0.900. The molecule has 1 aliphatic rings. The van der Waals surface area contributed by atoms with Crippen molar-refractivity contribution in [1.29, 1.82) is 5.26 Å². The lowest BCUT2D eigenvalue weighted by Crippen LogP contribution is -2.51. The number of nitrogens with one attached hydrogen (secondary N) is 1. The number of piperazine rings is 1. The van der Waals surface area contributed by atoms with E-state index in [1.807, 2.05) is 13.8 Å². The standard InChI is InChI=1S/C10H19N3O/c1-9(2)14-6-5-13-4-3-12-8-10(13)7-11/h9-10,12H,3-6,8H2,1-2H3. The van der Waals surface area contributed by atoms with E-state index in [1.54, 1.807) is 0 Å². The van der Waals surface area contributed by atoms with Crippen molar-refractivity contribution in [3.8, 4) is 6.07 Å². The van der Waals surface area contributed by atoms with Gasteiger partial charge in [0.15, 0.2) is 0 Å². The van der Waals surface area contributed by atoms with Gasteiger partial charge < -0.3 is 10.1 Å². The molecule has 0 radical (unpaired) electrons. The van der Waals surface area contributed by atoms with Crippen molar-refractivity contribution in [2.45, 2.75) is 26.0 Å². The van der Waals surface area contributed by atoms with Crippen molar-refractivity contribution >= 4 is 0 Å². The fourth-order valence-corrected chi connectivity index (χ4v) is 1.55. The van der Waals surface area contributed by atoms with Gasteiger partial charge in [-0.05, 0) is 13.8 Å². The maximum absolute atomic E-state index is 8.90. The van der Waals surface area contributed by atoms with Gasteiger partial charge in [0, 0.05) is 26.2 Å². The molecule has 0 saturated carbocycles. The second kappa shape index (κ2) is 5.97. The van der Waals surface area contributed by atoms with E-state index < -0.39 is 0 Å². The second-order valence-corrected chi connectivity index (χ2v) is 3.80. The maximum atomic E-state index is 8.90. The topological polar surface area (TPSA) is 48.3 Å². The summed E-state index contributed by atoms with van der Waals surface area (Å²) in [6, 6.07) is 2.31. The van der Waals surface area contributed by atoms with Crippen LogP contribution in [0.2, 0.25) is 0 Å². The van der Waals surface area contributed by atoms with Crippen LogP contribution in [0.5, 0.6) is 0 Å². The first-order valence-electron chi connectivity index (χ1n) is 5.20. The number of ether oxygens (including phenoxy) is 1. The average molecular weight is 197 g/mol. The molecule has 0 aromatic rings. The molecule has 1 N–H and O–H groups in total. The average Bonchev–Trinajstić information content (AvgIpc) is 2.18. The zero-order valence-electron chi connectivity index (χ0n) is 8.99. The Hall–Kier alpha value is -0.630. The molecule has 0 amide bonds. The smallest absolute Gasteiger partial charge is 0.110 e. The quantitative estimate of drug-likeness (QED) is 0.700.